The van der Waals surface area contributed by atoms with Crippen molar-refractivity contribution in [2.45, 2.75) is 64.8 Å². The molecule has 1 rings (SSSR count). The van der Waals surface area contributed by atoms with Crippen LogP contribution >= 0.6 is 0 Å². The average Bonchev–Trinajstić information content (AvgIpc) is 2.77. The molecule has 1 aliphatic rings. The lowest BCUT2D eigenvalue weighted by Gasteiger charge is -2.19. The minimum absolute atomic E-state index is 0.158. The van der Waals surface area contributed by atoms with E-state index in [9.17, 15) is 4.79 Å². The second kappa shape index (κ2) is 7.70. The minimum Gasteiger partial charge on any atom is -0.352 e. The molecule has 0 heterocycles. The number of hydrogen-bond donors (Lipinski definition) is 2. The Morgan fingerprint density at radius 2 is 2.00 bits per heavy atom. The Balaban J connectivity index is 2.17. The van der Waals surface area contributed by atoms with Crippen LogP contribution in [-0.2, 0) is 4.79 Å². The highest BCUT2D eigenvalue weighted by Gasteiger charge is 2.17. The second-order valence-electron chi connectivity index (χ2n) is 5.82. The van der Waals surface area contributed by atoms with Gasteiger partial charge in [-0.2, -0.15) is 0 Å². The van der Waals surface area contributed by atoms with Gasteiger partial charge in [0.1, 0.15) is 0 Å². The number of rotatable bonds is 7. The van der Waals surface area contributed by atoms with Crippen LogP contribution in [0.15, 0.2) is 0 Å². The van der Waals surface area contributed by atoms with Crippen molar-refractivity contribution in [3.63, 3.8) is 0 Å². The molecule has 17 heavy (non-hydrogen) atoms. The van der Waals surface area contributed by atoms with Crippen molar-refractivity contribution >= 4 is 5.91 Å². The Hall–Kier alpha value is -0.570. The molecule has 0 aromatic rings. The summed E-state index contributed by atoms with van der Waals surface area (Å²) in [7, 11) is 0. The van der Waals surface area contributed by atoms with Gasteiger partial charge in [-0.15, -0.1) is 0 Å². The molecule has 0 aromatic heterocycles. The van der Waals surface area contributed by atoms with Gasteiger partial charge in [0.15, 0.2) is 0 Å². The van der Waals surface area contributed by atoms with E-state index in [0.717, 1.165) is 18.8 Å². The molecule has 3 N–H and O–H groups in total. The van der Waals surface area contributed by atoms with Crippen LogP contribution in [0.25, 0.3) is 0 Å². The lowest BCUT2D eigenvalue weighted by Crippen LogP contribution is -2.41. The van der Waals surface area contributed by atoms with Crippen LogP contribution in [0.3, 0.4) is 0 Å². The lowest BCUT2D eigenvalue weighted by molar-refractivity contribution is -0.122. The standard InChI is InChI=1S/C14H28N2O/c1-11(2)9-13(10-15)16-14(17)8-7-12-5-3-4-6-12/h11-13H,3-10,15H2,1-2H3,(H,16,17). The van der Waals surface area contributed by atoms with Gasteiger partial charge >= 0.3 is 0 Å². The van der Waals surface area contributed by atoms with Gasteiger partial charge in [-0.05, 0) is 24.7 Å². The number of carbonyl (C=O) groups excluding carboxylic acids is 1. The van der Waals surface area contributed by atoms with Crippen molar-refractivity contribution in [2.75, 3.05) is 6.54 Å². The third-order valence-electron chi connectivity index (χ3n) is 3.66. The summed E-state index contributed by atoms with van der Waals surface area (Å²) in [5.41, 5.74) is 5.67. The van der Waals surface area contributed by atoms with E-state index in [-0.39, 0.29) is 11.9 Å². The molecule has 0 spiro atoms. The number of hydrogen-bond acceptors (Lipinski definition) is 2. The molecule has 0 saturated heterocycles. The normalized spacial score (nSPS) is 18.6. The zero-order chi connectivity index (χ0) is 12.7. The van der Waals surface area contributed by atoms with E-state index < -0.39 is 0 Å². The van der Waals surface area contributed by atoms with Crippen LogP contribution in [0, 0.1) is 11.8 Å². The van der Waals surface area contributed by atoms with E-state index in [0.29, 0.717) is 18.9 Å². The zero-order valence-corrected chi connectivity index (χ0v) is 11.4. The maximum atomic E-state index is 11.8. The largest absolute Gasteiger partial charge is 0.352 e. The minimum atomic E-state index is 0.158. The van der Waals surface area contributed by atoms with Crippen molar-refractivity contribution < 1.29 is 4.79 Å². The summed E-state index contributed by atoms with van der Waals surface area (Å²) in [4.78, 5) is 11.8. The lowest BCUT2D eigenvalue weighted by atomic mass is 10.0. The molecule has 1 atom stereocenters. The molecule has 3 heteroatoms. The van der Waals surface area contributed by atoms with Crippen LogP contribution < -0.4 is 11.1 Å². The van der Waals surface area contributed by atoms with E-state index in [1.54, 1.807) is 0 Å². The predicted molar refractivity (Wildman–Crippen MR) is 71.6 cm³/mol. The summed E-state index contributed by atoms with van der Waals surface area (Å²) >= 11 is 0. The van der Waals surface area contributed by atoms with Crippen LogP contribution in [0.4, 0.5) is 0 Å². The van der Waals surface area contributed by atoms with Crippen LogP contribution in [0.1, 0.15) is 58.8 Å². The summed E-state index contributed by atoms with van der Waals surface area (Å²) in [6.45, 7) is 4.87. The molecule has 0 bridgehead atoms. The third kappa shape index (κ3) is 6.06. The molecule has 1 amide bonds. The molecule has 100 valence electrons. The van der Waals surface area contributed by atoms with E-state index in [1.807, 2.05) is 0 Å². The first-order valence-electron chi connectivity index (χ1n) is 7.11. The first-order valence-corrected chi connectivity index (χ1v) is 7.11. The van der Waals surface area contributed by atoms with Crippen LogP contribution in [0.2, 0.25) is 0 Å². The SMILES string of the molecule is CC(C)CC(CN)NC(=O)CCC1CCCC1. The molecular formula is C14H28N2O. The monoisotopic (exact) mass is 240 g/mol. The molecular weight excluding hydrogens is 212 g/mol. The molecule has 0 radical (unpaired) electrons. The van der Waals surface area contributed by atoms with E-state index in [2.05, 4.69) is 19.2 Å². The van der Waals surface area contributed by atoms with Crippen molar-refractivity contribution in [3.8, 4) is 0 Å². The van der Waals surface area contributed by atoms with Crippen molar-refractivity contribution in [3.05, 3.63) is 0 Å². The van der Waals surface area contributed by atoms with Gasteiger partial charge in [0.05, 0.1) is 0 Å². The Labute approximate surface area is 106 Å². The first kappa shape index (κ1) is 14.5. The van der Waals surface area contributed by atoms with Gasteiger partial charge in [-0.1, -0.05) is 39.5 Å². The quantitative estimate of drug-likeness (QED) is 0.718. The summed E-state index contributed by atoms with van der Waals surface area (Å²) in [6, 6.07) is 0.158. The maximum absolute atomic E-state index is 11.8. The van der Waals surface area contributed by atoms with Gasteiger partial charge in [0, 0.05) is 19.0 Å². The molecule has 1 fully saturated rings. The number of nitrogens with two attached hydrogens (primary N) is 1. The van der Waals surface area contributed by atoms with Crippen molar-refractivity contribution in [1.29, 1.82) is 0 Å². The van der Waals surface area contributed by atoms with Gasteiger partial charge in [0.2, 0.25) is 5.91 Å². The van der Waals surface area contributed by atoms with Crippen molar-refractivity contribution in [1.82, 2.24) is 5.32 Å². The van der Waals surface area contributed by atoms with E-state index in [4.69, 9.17) is 5.73 Å². The number of nitrogens with one attached hydrogen (secondary N) is 1. The Morgan fingerprint density at radius 1 is 1.35 bits per heavy atom. The third-order valence-corrected chi connectivity index (χ3v) is 3.66. The summed E-state index contributed by atoms with van der Waals surface area (Å²) in [5, 5.41) is 3.06. The Morgan fingerprint density at radius 3 is 2.53 bits per heavy atom. The number of carbonyl (C=O) groups is 1. The molecule has 1 aliphatic carbocycles. The fraction of sp³-hybridized carbons (Fsp3) is 0.929. The highest BCUT2D eigenvalue weighted by Crippen LogP contribution is 2.28. The van der Waals surface area contributed by atoms with E-state index in [1.165, 1.54) is 25.7 Å². The number of amides is 1. The van der Waals surface area contributed by atoms with Gasteiger partial charge in [-0.25, -0.2) is 0 Å². The van der Waals surface area contributed by atoms with Crippen LogP contribution in [-0.4, -0.2) is 18.5 Å². The molecule has 1 unspecified atom stereocenters. The molecule has 1 saturated carbocycles. The highest BCUT2D eigenvalue weighted by molar-refractivity contribution is 5.76. The topological polar surface area (TPSA) is 55.1 Å². The van der Waals surface area contributed by atoms with E-state index >= 15 is 0 Å². The Bertz CT molecular complexity index is 222. The fourth-order valence-corrected chi connectivity index (χ4v) is 2.72. The first-order chi connectivity index (χ1) is 8.11. The molecule has 3 nitrogen and oxygen atoms in total. The predicted octanol–water partition coefficient (Wildman–Crippen LogP) is 2.45. The summed E-state index contributed by atoms with van der Waals surface area (Å²) < 4.78 is 0. The summed E-state index contributed by atoms with van der Waals surface area (Å²) in [6.07, 6.45) is 8.06. The summed E-state index contributed by atoms with van der Waals surface area (Å²) in [5.74, 6) is 1.56. The van der Waals surface area contributed by atoms with Crippen molar-refractivity contribution in [2.24, 2.45) is 17.6 Å². The smallest absolute Gasteiger partial charge is 0.220 e. The fourth-order valence-electron chi connectivity index (χ4n) is 2.72. The molecule has 0 aliphatic heterocycles. The average molecular weight is 240 g/mol. The van der Waals surface area contributed by atoms with Gasteiger partial charge < -0.3 is 11.1 Å². The Kier molecular flexibility index (Phi) is 6.56. The highest BCUT2D eigenvalue weighted by atomic mass is 16.1. The second-order valence-corrected chi connectivity index (χ2v) is 5.82. The van der Waals surface area contributed by atoms with Gasteiger partial charge in [0.25, 0.3) is 0 Å². The molecule has 0 aromatic carbocycles. The zero-order valence-electron chi connectivity index (χ0n) is 11.4. The maximum Gasteiger partial charge on any atom is 0.220 e. The van der Waals surface area contributed by atoms with Gasteiger partial charge in [-0.3, -0.25) is 4.79 Å². The van der Waals surface area contributed by atoms with Crippen LogP contribution in [0.5, 0.6) is 0 Å².